The van der Waals surface area contributed by atoms with Gasteiger partial charge in [0.25, 0.3) is 5.91 Å². The molecule has 31 heavy (non-hydrogen) atoms. The van der Waals surface area contributed by atoms with Crippen LogP contribution >= 0.6 is 0 Å². The molecule has 0 spiro atoms. The zero-order chi connectivity index (χ0) is 23.0. The van der Waals surface area contributed by atoms with Crippen LogP contribution in [0.15, 0.2) is 96.6 Å². The van der Waals surface area contributed by atoms with Gasteiger partial charge < -0.3 is 10.2 Å². The minimum Gasteiger partial charge on any atom is -0.346 e. The summed E-state index contributed by atoms with van der Waals surface area (Å²) in [5, 5.41) is 3.13. The van der Waals surface area contributed by atoms with Crippen LogP contribution in [0, 0.1) is 0 Å². The number of rotatable bonds is 4. The van der Waals surface area contributed by atoms with E-state index in [9.17, 15) is 4.79 Å². The lowest BCUT2D eigenvalue weighted by Crippen LogP contribution is -2.38. The van der Waals surface area contributed by atoms with Crippen LogP contribution in [0.3, 0.4) is 0 Å². The third-order valence-electron chi connectivity index (χ3n) is 5.07. The van der Waals surface area contributed by atoms with Gasteiger partial charge in [0.15, 0.2) is 0 Å². The Kier molecular flexibility index (Phi) is 8.56. The Hall–Kier alpha value is -3.40. The van der Waals surface area contributed by atoms with Gasteiger partial charge in [-0.2, -0.15) is 0 Å². The third-order valence-corrected chi connectivity index (χ3v) is 5.07. The highest BCUT2D eigenvalue weighted by atomic mass is 16.1. The first-order valence-electron chi connectivity index (χ1n) is 10.7. The van der Waals surface area contributed by atoms with E-state index in [0.29, 0.717) is 12.0 Å². The number of hydrogen-bond donors (Lipinski definition) is 1. The highest BCUT2D eigenvalue weighted by Gasteiger charge is 2.29. The number of allylic oxidation sites excluding steroid dienone is 3. The quantitative estimate of drug-likeness (QED) is 0.655. The van der Waals surface area contributed by atoms with Crippen LogP contribution in [0.1, 0.15) is 33.3 Å². The molecule has 1 aliphatic heterocycles. The molecule has 1 saturated heterocycles. The van der Waals surface area contributed by atoms with Gasteiger partial charge in [0.2, 0.25) is 0 Å². The molecule has 1 aromatic heterocycles. The van der Waals surface area contributed by atoms with Crippen LogP contribution in [-0.4, -0.2) is 28.9 Å². The maximum absolute atomic E-state index is 12.9. The number of carbonyl (C=O) groups excluding carboxylic acids is 1. The molecule has 1 atom stereocenters. The van der Waals surface area contributed by atoms with E-state index in [4.69, 9.17) is 0 Å². The van der Waals surface area contributed by atoms with Gasteiger partial charge in [-0.05, 0) is 49.1 Å². The summed E-state index contributed by atoms with van der Waals surface area (Å²) < 4.78 is 0. The van der Waals surface area contributed by atoms with E-state index in [-0.39, 0.29) is 11.9 Å². The van der Waals surface area contributed by atoms with Gasteiger partial charge >= 0.3 is 0 Å². The Morgan fingerprint density at radius 3 is 2.42 bits per heavy atom. The van der Waals surface area contributed by atoms with E-state index in [1.807, 2.05) is 70.1 Å². The Morgan fingerprint density at radius 2 is 1.87 bits per heavy atom. The second-order valence-electron chi connectivity index (χ2n) is 7.30. The smallest absolute Gasteiger partial charge is 0.253 e. The van der Waals surface area contributed by atoms with Gasteiger partial charge in [-0.25, -0.2) is 0 Å². The largest absolute Gasteiger partial charge is 0.346 e. The van der Waals surface area contributed by atoms with Crippen molar-refractivity contribution in [3.63, 3.8) is 0 Å². The van der Waals surface area contributed by atoms with Crippen LogP contribution in [0.5, 0.6) is 0 Å². The molecule has 0 saturated carbocycles. The van der Waals surface area contributed by atoms with E-state index in [0.717, 1.165) is 33.7 Å². The predicted molar refractivity (Wildman–Crippen MR) is 130 cm³/mol. The van der Waals surface area contributed by atoms with Crippen LogP contribution < -0.4 is 5.32 Å². The lowest BCUT2D eigenvalue weighted by atomic mass is 10.00. The number of nitrogens with zero attached hydrogens (tertiary/aromatic N) is 2. The van der Waals surface area contributed by atoms with E-state index < -0.39 is 0 Å². The highest BCUT2D eigenvalue weighted by Crippen LogP contribution is 2.27. The van der Waals surface area contributed by atoms with Crippen LogP contribution in [0.2, 0.25) is 0 Å². The van der Waals surface area contributed by atoms with Crippen LogP contribution in [-0.2, 0) is 11.2 Å². The molecule has 0 radical (unpaired) electrons. The second-order valence-corrected chi connectivity index (χ2v) is 7.30. The van der Waals surface area contributed by atoms with E-state index >= 15 is 0 Å². The van der Waals surface area contributed by atoms with Gasteiger partial charge in [0.05, 0.1) is 11.6 Å². The zero-order valence-corrected chi connectivity index (χ0v) is 19.3. The number of benzene rings is 1. The summed E-state index contributed by atoms with van der Waals surface area (Å²) in [5.41, 5.74) is 6.46. The second kappa shape index (κ2) is 11.1. The number of hydrogen-bond acceptors (Lipinski definition) is 3. The molecule has 1 fully saturated rings. The standard InChI is InChI=1S/C25H27N3O.C2H6/c1-6-24-22(14-17(2)3)25(29)27-23(18(4)28(24)5)15-19-9-11-20(12-10-19)21-8-7-13-26-16-21;1-2/h6-14,16,23H,2,4,15H2,1,3,5H3,(H,27,29);1-2H3/b22-14+,24-6+;. The fraction of sp³-hybridized carbons (Fsp3) is 0.259. The fourth-order valence-electron chi connectivity index (χ4n) is 3.51. The first-order chi connectivity index (χ1) is 14.9. The Bertz CT molecular complexity index is 985. The van der Waals surface area contributed by atoms with E-state index in [2.05, 4.69) is 47.7 Å². The van der Waals surface area contributed by atoms with Crippen molar-refractivity contribution >= 4 is 5.91 Å². The summed E-state index contributed by atoms with van der Waals surface area (Å²) in [6.07, 6.45) is 8.04. The monoisotopic (exact) mass is 415 g/mol. The average Bonchev–Trinajstić information content (AvgIpc) is 2.86. The summed E-state index contributed by atoms with van der Waals surface area (Å²) in [6, 6.07) is 12.1. The molecule has 4 heteroatoms. The molecule has 0 aliphatic carbocycles. The summed E-state index contributed by atoms with van der Waals surface area (Å²) in [5.74, 6) is -0.108. The van der Waals surface area contributed by atoms with Crippen molar-refractivity contribution in [2.24, 2.45) is 0 Å². The number of likely N-dealkylation sites (N-methyl/N-ethyl adjacent to an activating group) is 1. The van der Waals surface area contributed by atoms with Crippen molar-refractivity contribution in [1.82, 2.24) is 15.2 Å². The van der Waals surface area contributed by atoms with Gasteiger partial charge in [-0.15, -0.1) is 0 Å². The van der Waals surface area contributed by atoms with Gasteiger partial charge in [0.1, 0.15) is 0 Å². The van der Waals surface area contributed by atoms with Gasteiger partial charge in [0, 0.05) is 30.8 Å². The van der Waals surface area contributed by atoms with E-state index in [1.165, 1.54) is 0 Å². The molecule has 1 aliphatic rings. The molecule has 3 rings (SSSR count). The van der Waals surface area contributed by atoms with Crippen molar-refractivity contribution in [2.75, 3.05) is 7.05 Å². The minimum absolute atomic E-state index is 0.108. The molecule has 1 aromatic carbocycles. The lowest BCUT2D eigenvalue weighted by Gasteiger charge is -2.26. The maximum Gasteiger partial charge on any atom is 0.253 e. The minimum atomic E-state index is -0.192. The number of pyridine rings is 1. The molecular weight excluding hydrogens is 382 g/mol. The molecule has 1 N–H and O–H groups in total. The lowest BCUT2D eigenvalue weighted by molar-refractivity contribution is -0.117. The first kappa shape index (κ1) is 23.9. The normalized spacial score (nSPS) is 18.9. The van der Waals surface area contributed by atoms with Crippen LogP contribution in [0.4, 0.5) is 0 Å². The van der Waals surface area contributed by atoms with Crippen molar-refractivity contribution in [2.45, 2.75) is 40.2 Å². The van der Waals surface area contributed by atoms with Crippen molar-refractivity contribution < 1.29 is 4.79 Å². The molecular formula is C27H33N3O. The molecule has 162 valence electrons. The summed E-state index contributed by atoms with van der Waals surface area (Å²) >= 11 is 0. The first-order valence-corrected chi connectivity index (χ1v) is 10.7. The zero-order valence-electron chi connectivity index (χ0n) is 19.3. The van der Waals surface area contributed by atoms with E-state index in [1.54, 1.807) is 6.20 Å². The Morgan fingerprint density at radius 1 is 1.19 bits per heavy atom. The number of carbonyl (C=O) groups is 1. The van der Waals surface area contributed by atoms with Crippen molar-refractivity contribution in [1.29, 1.82) is 0 Å². The molecule has 2 heterocycles. The topological polar surface area (TPSA) is 45.2 Å². The van der Waals surface area contributed by atoms with Gasteiger partial charge in [-0.1, -0.05) is 69.0 Å². The van der Waals surface area contributed by atoms with Crippen molar-refractivity contribution in [3.05, 3.63) is 102 Å². The molecule has 1 unspecified atom stereocenters. The molecule has 1 amide bonds. The Balaban J connectivity index is 0.00000166. The fourth-order valence-corrected chi connectivity index (χ4v) is 3.51. The number of aromatic nitrogens is 1. The average molecular weight is 416 g/mol. The van der Waals surface area contributed by atoms with Gasteiger partial charge in [-0.3, -0.25) is 9.78 Å². The summed E-state index contributed by atoms with van der Waals surface area (Å²) in [4.78, 5) is 19.1. The molecule has 0 bridgehead atoms. The maximum atomic E-state index is 12.9. The summed E-state index contributed by atoms with van der Waals surface area (Å²) in [6.45, 7) is 16.0. The predicted octanol–water partition coefficient (Wildman–Crippen LogP) is 5.67. The number of nitrogens with one attached hydrogen (secondary N) is 1. The third kappa shape index (κ3) is 5.82. The summed E-state index contributed by atoms with van der Waals surface area (Å²) in [7, 11) is 1.95. The highest BCUT2D eigenvalue weighted by molar-refractivity contribution is 5.99. The molecule has 2 aromatic rings. The van der Waals surface area contributed by atoms with Crippen molar-refractivity contribution in [3.8, 4) is 11.1 Å². The number of amides is 1. The van der Waals surface area contributed by atoms with Crippen LogP contribution in [0.25, 0.3) is 11.1 Å². The SMILES string of the molecule is C=C(C)/C=C1/C(=O)NC(Cc2ccc(-c3cccnc3)cc2)C(=C)N(C)/C1=C/C.CC. The molecule has 4 nitrogen and oxygen atoms in total. The Labute approximate surface area is 186 Å².